The Kier molecular flexibility index (Phi) is 8.32. The van der Waals surface area contributed by atoms with Crippen molar-refractivity contribution in [3.05, 3.63) is 12.7 Å². The van der Waals surface area contributed by atoms with Crippen molar-refractivity contribution in [1.82, 2.24) is 0 Å². The van der Waals surface area contributed by atoms with Crippen molar-refractivity contribution in [3.8, 4) is 0 Å². The van der Waals surface area contributed by atoms with Gasteiger partial charge in [-0.25, -0.2) is 0 Å². The number of allylic oxidation sites excluding steroid dienone is 1. The molecule has 0 spiro atoms. The summed E-state index contributed by atoms with van der Waals surface area (Å²) in [6.07, 6.45) is 7.02. The number of rotatable bonds is 11. The van der Waals surface area contributed by atoms with Gasteiger partial charge < -0.3 is 0 Å². The van der Waals surface area contributed by atoms with E-state index in [1.165, 1.54) is 19.3 Å². The van der Waals surface area contributed by atoms with E-state index < -0.39 is 0 Å². The molecule has 0 N–H and O–H groups in total. The first kappa shape index (κ1) is 25.7. The Labute approximate surface area is 167 Å². The Morgan fingerprint density at radius 3 is 1.50 bits per heavy atom. The van der Waals surface area contributed by atoms with E-state index in [1.54, 1.807) is 0 Å². The molecule has 0 aromatic carbocycles. The second kappa shape index (κ2) is 8.40. The third-order valence-electron chi connectivity index (χ3n) is 9.23. The molecule has 0 heteroatoms. The highest BCUT2D eigenvalue weighted by Crippen LogP contribution is 2.54. The van der Waals surface area contributed by atoms with Crippen LogP contribution in [-0.2, 0) is 0 Å². The maximum Gasteiger partial charge on any atom is -0.0269 e. The van der Waals surface area contributed by atoms with E-state index in [0.29, 0.717) is 33.0 Å². The monoisotopic (exact) mass is 364 g/mol. The van der Waals surface area contributed by atoms with Crippen molar-refractivity contribution in [2.24, 2.45) is 38.9 Å². The highest BCUT2D eigenvalue weighted by molar-refractivity contribution is 4.96. The molecule has 26 heavy (non-hydrogen) atoms. The van der Waals surface area contributed by atoms with Gasteiger partial charge in [0.05, 0.1) is 0 Å². The molecule has 0 bridgehead atoms. The van der Waals surface area contributed by atoms with Gasteiger partial charge in [-0.1, -0.05) is 96.1 Å². The van der Waals surface area contributed by atoms with Crippen LogP contribution >= 0.6 is 0 Å². The first-order valence-electron chi connectivity index (χ1n) is 10.9. The number of hydrogen-bond acceptors (Lipinski definition) is 0. The standard InChI is InChI=1S/C26H52/c1-15-16-23(7,8)24(9,10)17-18-25(11,12)26(13,14)21(4)19-22(5,6)20(2)3/h15,20-21H,1,16-19H2,2-14H3. The minimum Gasteiger partial charge on any atom is -0.103 e. The first-order chi connectivity index (χ1) is 11.3. The van der Waals surface area contributed by atoms with Gasteiger partial charge in [0.15, 0.2) is 0 Å². The lowest BCUT2D eigenvalue weighted by Crippen LogP contribution is -2.42. The zero-order valence-corrected chi connectivity index (χ0v) is 20.8. The molecule has 0 aromatic heterocycles. The van der Waals surface area contributed by atoms with Crippen LogP contribution in [0.5, 0.6) is 0 Å². The summed E-state index contributed by atoms with van der Waals surface area (Å²) < 4.78 is 0. The van der Waals surface area contributed by atoms with Gasteiger partial charge in [-0.05, 0) is 64.6 Å². The molecule has 0 nitrogen and oxygen atoms in total. The van der Waals surface area contributed by atoms with Gasteiger partial charge in [0.1, 0.15) is 0 Å². The van der Waals surface area contributed by atoms with Gasteiger partial charge in [0, 0.05) is 0 Å². The first-order valence-corrected chi connectivity index (χ1v) is 10.9. The maximum absolute atomic E-state index is 3.98. The van der Waals surface area contributed by atoms with Crippen LogP contribution in [0.3, 0.4) is 0 Å². The molecule has 1 atom stereocenters. The van der Waals surface area contributed by atoms with Crippen LogP contribution in [0, 0.1) is 38.9 Å². The van der Waals surface area contributed by atoms with Gasteiger partial charge in [-0.2, -0.15) is 0 Å². The summed E-state index contributed by atoms with van der Waals surface area (Å²) in [4.78, 5) is 0. The average Bonchev–Trinajstić information content (AvgIpc) is 2.44. The molecule has 0 amide bonds. The molecule has 0 rings (SSSR count). The van der Waals surface area contributed by atoms with Crippen molar-refractivity contribution in [2.75, 3.05) is 0 Å². The quantitative estimate of drug-likeness (QED) is 0.320. The van der Waals surface area contributed by atoms with Gasteiger partial charge in [-0.3, -0.25) is 0 Å². The van der Waals surface area contributed by atoms with E-state index in [2.05, 4.69) is 103 Å². The topological polar surface area (TPSA) is 0 Å². The van der Waals surface area contributed by atoms with Crippen molar-refractivity contribution >= 4 is 0 Å². The van der Waals surface area contributed by atoms with E-state index in [-0.39, 0.29) is 0 Å². The normalized spacial score (nSPS) is 16.1. The van der Waals surface area contributed by atoms with Crippen LogP contribution in [0.1, 0.15) is 116 Å². The smallest absolute Gasteiger partial charge is 0.0269 e. The molecule has 0 aliphatic heterocycles. The molecule has 0 saturated heterocycles. The zero-order valence-electron chi connectivity index (χ0n) is 20.8. The predicted molar refractivity (Wildman–Crippen MR) is 122 cm³/mol. The predicted octanol–water partition coefficient (Wildman–Crippen LogP) is 9.16. The third kappa shape index (κ3) is 5.87. The summed E-state index contributed by atoms with van der Waals surface area (Å²) in [7, 11) is 0. The van der Waals surface area contributed by atoms with Gasteiger partial charge in [0.25, 0.3) is 0 Å². The molecule has 0 aromatic rings. The molecule has 0 aliphatic carbocycles. The van der Waals surface area contributed by atoms with Gasteiger partial charge >= 0.3 is 0 Å². The van der Waals surface area contributed by atoms with Crippen molar-refractivity contribution in [1.29, 1.82) is 0 Å². The van der Waals surface area contributed by atoms with Gasteiger partial charge in [-0.15, -0.1) is 6.58 Å². The van der Waals surface area contributed by atoms with Crippen molar-refractivity contribution < 1.29 is 0 Å². The molecule has 1 unspecified atom stereocenters. The second-order valence-corrected chi connectivity index (χ2v) is 12.6. The second-order valence-electron chi connectivity index (χ2n) is 12.6. The molecule has 0 heterocycles. The fourth-order valence-corrected chi connectivity index (χ4v) is 3.87. The maximum atomic E-state index is 3.98. The van der Waals surface area contributed by atoms with E-state index >= 15 is 0 Å². The van der Waals surface area contributed by atoms with Crippen LogP contribution in [-0.4, -0.2) is 0 Å². The fourth-order valence-electron chi connectivity index (χ4n) is 3.87. The van der Waals surface area contributed by atoms with E-state index in [1.807, 2.05) is 0 Å². The van der Waals surface area contributed by atoms with E-state index in [0.717, 1.165) is 12.3 Å². The lowest BCUT2D eigenvalue weighted by Gasteiger charge is -2.51. The molecule has 0 fully saturated rings. The molecule has 156 valence electrons. The molecule has 0 saturated carbocycles. The summed E-state index contributed by atoms with van der Waals surface area (Å²) in [5.74, 6) is 1.43. The van der Waals surface area contributed by atoms with Crippen LogP contribution < -0.4 is 0 Å². The largest absolute Gasteiger partial charge is 0.103 e. The zero-order chi connectivity index (χ0) is 21.2. The Hall–Kier alpha value is -0.260. The van der Waals surface area contributed by atoms with E-state index in [4.69, 9.17) is 0 Å². The Bertz CT molecular complexity index is 443. The third-order valence-corrected chi connectivity index (χ3v) is 9.23. The molecule has 0 radical (unpaired) electrons. The average molecular weight is 365 g/mol. The van der Waals surface area contributed by atoms with Crippen LogP contribution in [0.25, 0.3) is 0 Å². The molecule has 0 aliphatic rings. The van der Waals surface area contributed by atoms with Crippen molar-refractivity contribution in [3.63, 3.8) is 0 Å². The fraction of sp³-hybridized carbons (Fsp3) is 0.923. The van der Waals surface area contributed by atoms with Crippen LogP contribution in [0.15, 0.2) is 12.7 Å². The minimum atomic E-state index is 0.292. The highest BCUT2D eigenvalue weighted by atomic mass is 14.5. The molecular formula is C26H52. The van der Waals surface area contributed by atoms with Crippen molar-refractivity contribution in [2.45, 2.75) is 116 Å². The summed E-state index contributed by atoms with van der Waals surface area (Å²) in [6, 6.07) is 0. The Morgan fingerprint density at radius 1 is 0.692 bits per heavy atom. The SMILES string of the molecule is C=CCC(C)(C)C(C)(C)CCC(C)(C)C(C)(C)C(C)CC(C)(C)C(C)C. The number of hydrogen-bond donors (Lipinski definition) is 0. The summed E-state index contributed by atoms with van der Waals surface area (Å²) in [6.45, 7) is 35.8. The summed E-state index contributed by atoms with van der Waals surface area (Å²) >= 11 is 0. The lowest BCUT2D eigenvalue weighted by molar-refractivity contribution is -0.00888. The lowest BCUT2D eigenvalue weighted by atomic mass is 9.54. The van der Waals surface area contributed by atoms with E-state index in [9.17, 15) is 0 Å². The Morgan fingerprint density at radius 2 is 1.12 bits per heavy atom. The summed E-state index contributed by atoms with van der Waals surface area (Å²) in [5.41, 5.74) is 1.64. The van der Waals surface area contributed by atoms with Crippen LogP contribution in [0.4, 0.5) is 0 Å². The van der Waals surface area contributed by atoms with Gasteiger partial charge in [0.2, 0.25) is 0 Å². The molecular weight excluding hydrogens is 312 g/mol. The highest BCUT2D eigenvalue weighted by Gasteiger charge is 2.45. The Balaban J connectivity index is 5.26. The summed E-state index contributed by atoms with van der Waals surface area (Å²) in [5, 5.41) is 0. The minimum absolute atomic E-state index is 0.292. The van der Waals surface area contributed by atoms with Crippen LogP contribution in [0.2, 0.25) is 0 Å².